The van der Waals surface area contributed by atoms with Gasteiger partial charge in [-0.15, -0.1) is 0 Å². The van der Waals surface area contributed by atoms with Crippen LogP contribution in [0.15, 0.2) is 60.8 Å². The highest BCUT2D eigenvalue weighted by atomic mass is 35.5. The lowest BCUT2D eigenvalue weighted by Gasteiger charge is -2.12. The molecule has 1 amide bonds. The van der Waals surface area contributed by atoms with Crippen molar-refractivity contribution in [1.82, 2.24) is 4.98 Å². The molecule has 0 saturated carbocycles. The molecule has 0 saturated heterocycles. The highest BCUT2D eigenvalue weighted by molar-refractivity contribution is 6.30. The molecule has 0 bridgehead atoms. The molecule has 3 rings (SSSR count). The van der Waals surface area contributed by atoms with Crippen LogP contribution in [0.3, 0.4) is 0 Å². The predicted octanol–water partition coefficient (Wildman–Crippen LogP) is 5.56. The Balaban J connectivity index is 1.87. The number of nitrogens with zero attached hydrogens (tertiary/aromatic N) is 1. The van der Waals surface area contributed by atoms with E-state index in [1.54, 1.807) is 30.3 Å². The summed E-state index contributed by atoms with van der Waals surface area (Å²) < 4.78 is 39.3. The molecule has 0 aliphatic carbocycles. The zero-order valence-electron chi connectivity index (χ0n) is 13.2. The number of benzene rings is 2. The van der Waals surface area contributed by atoms with Crippen LogP contribution in [0.25, 0.3) is 17.0 Å². The lowest BCUT2D eigenvalue weighted by molar-refractivity contribution is -0.136. The van der Waals surface area contributed by atoms with Crippen molar-refractivity contribution in [2.45, 2.75) is 6.18 Å². The molecule has 0 aliphatic heterocycles. The number of fused-ring (bicyclic) bond motifs is 1. The second-order valence-electron chi connectivity index (χ2n) is 5.43. The number of aromatic nitrogens is 1. The van der Waals surface area contributed by atoms with Gasteiger partial charge < -0.3 is 5.32 Å². The van der Waals surface area contributed by atoms with E-state index >= 15 is 0 Å². The normalized spacial score (nSPS) is 11.8. The number of halogens is 4. The van der Waals surface area contributed by atoms with Gasteiger partial charge in [0.25, 0.3) is 0 Å². The minimum atomic E-state index is -4.52. The maximum absolute atomic E-state index is 13.1. The average Bonchev–Trinajstić information content (AvgIpc) is 2.60. The van der Waals surface area contributed by atoms with Crippen molar-refractivity contribution in [3.63, 3.8) is 0 Å². The molecule has 0 unspecified atom stereocenters. The van der Waals surface area contributed by atoms with Gasteiger partial charge in [-0.25, -0.2) is 0 Å². The molecule has 132 valence electrons. The topological polar surface area (TPSA) is 42.0 Å². The summed E-state index contributed by atoms with van der Waals surface area (Å²) in [7, 11) is 0. The van der Waals surface area contributed by atoms with E-state index in [0.717, 1.165) is 11.6 Å². The first-order valence-corrected chi connectivity index (χ1v) is 7.92. The van der Waals surface area contributed by atoms with Gasteiger partial charge in [0.1, 0.15) is 0 Å². The molecule has 2 aromatic carbocycles. The van der Waals surface area contributed by atoms with Crippen molar-refractivity contribution in [3.05, 3.63) is 77.0 Å². The third-order valence-electron chi connectivity index (χ3n) is 3.63. The second kappa shape index (κ2) is 7.17. The molecule has 3 nitrogen and oxygen atoms in total. The molecule has 0 aliphatic rings. The Labute approximate surface area is 152 Å². The van der Waals surface area contributed by atoms with E-state index in [1.807, 2.05) is 0 Å². The van der Waals surface area contributed by atoms with Gasteiger partial charge in [0.15, 0.2) is 0 Å². The number of para-hydroxylation sites is 1. The number of carbonyl (C=O) groups excluding carboxylic acids is 1. The summed E-state index contributed by atoms with van der Waals surface area (Å²) in [6.45, 7) is 0. The Hall–Kier alpha value is -2.86. The number of nitrogens with one attached hydrogen (secondary N) is 1. The van der Waals surface area contributed by atoms with Crippen LogP contribution < -0.4 is 5.32 Å². The standard InChI is InChI=1S/C19H12ClF3N2O/c20-13-7-4-12(5-8-13)6-9-17(26)25-16-10-11-24-18-14(16)2-1-3-15(18)19(21,22)23/h1-11H,(H,24,25,26)/b9-6+. The number of alkyl halides is 3. The highest BCUT2D eigenvalue weighted by Gasteiger charge is 2.33. The summed E-state index contributed by atoms with van der Waals surface area (Å²) in [5.41, 5.74) is -0.0300. The lowest BCUT2D eigenvalue weighted by atomic mass is 10.1. The first kappa shape index (κ1) is 17.9. The summed E-state index contributed by atoms with van der Waals surface area (Å²) in [6.07, 6.45) is -0.418. The van der Waals surface area contributed by atoms with E-state index in [4.69, 9.17) is 11.6 Å². The van der Waals surface area contributed by atoms with Crippen molar-refractivity contribution in [2.24, 2.45) is 0 Å². The summed E-state index contributed by atoms with van der Waals surface area (Å²) >= 11 is 5.79. The molecule has 0 fully saturated rings. The van der Waals surface area contributed by atoms with Crippen molar-refractivity contribution < 1.29 is 18.0 Å². The molecule has 26 heavy (non-hydrogen) atoms. The van der Waals surface area contributed by atoms with E-state index in [2.05, 4.69) is 10.3 Å². The predicted molar refractivity (Wildman–Crippen MR) is 95.9 cm³/mol. The van der Waals surface area contributed by atoms with E-state index in [-0.39, 0.29) is 16.6 Å². The first-order valence-electron chi connectivity index (χ1n) is 7.54. The van der Waals surface area contributed by atoms with Crippen molar-refractivity contribution >= 4 is 40.2 Å². The number of hydrogen-bond acceptors (Lipinski definition) is 2. The van der Waals surface area contributed by atoms with Gasteiger partial charge in [0.2, 0.25) is 5.91 Å². The van der Waals surface area contributed by atoms with Crippen LogP contribution in [-0.4, -0.2) is 10.9 Å². The maximum Gasteiger partial charge on any atom is 0.418 e. The van der Waals surface area contributed by atoms with Gasteiger partial charge >= 0.3 is 6.18 Å². The fourth-order valence-corrected chi connectivity index (χ4v) is 2.56. The fraction of sp³-hybridized carbons (Fsp3) is 0.0526. The number of amides is 1. The Morgan fingerprint density at radius 3 is 2.50 bits per heavy atom. The van der Waals surface area contributed by atoms with Gasteiger partial charge in [-0.05, 0) is 35.9 Å². The summed E-state index contributed by atoms with van der Waals surface area (Å²) in [5.74, 6) is -0.468. The van der Waals surface area contributed by atoms with Gasteiger partial charge in [-0.2, -0.15) is 13.2 Å². The molecule has 0 spiro atoms. The minimum Gasteiger partial charge on any atom is -0.322 e. The molecular weight excluding hydrogens is 365 g/mol. The van der Waals surface area contributed by atoms with Crippen molar-refractivity contribution in [2.75, 3.05) is 5.32 Å². The summed E-state index contributed by atoms with van der Waals surface area (Å²) in [5, 5.41) is 3.38. The largest absolute Gasteiger partial charge is 0.418 e. The van der Waals surface area contributed by atoms with Crippen LogP contribution >= 0.6 is 11.6 Å². The molecule has 1 aromatic heterocycles. The summed E-state index contributed by atoms with van der Waals surface area (Å²) in [4.78, 5) is 15.9. The zero-order valence-corrected chi connectivity index (χ0v) is 14.0. The Kier molecular flexibility index (Phi) is 4.95. The summed E-state index contributed by atoms with van der Waals surface area (Å²) in [6, 6.07) is 12.0. The lowest BCUT2D eigenvalue weighted by Crippen LogP contribution is -2.10. The van der Waals surface area contributed by atoms with E-state index in [1.165, 1.54) is 30.5 Å². The maximum atomic E-state index is 13.1. The van der Waals surface area contributed by atoms with Gasteiger partial charge in [-0.1, -0.05) is 35.9 Å². The zero-order chi connectivity index (χ0) is 18.7. The van der Waals surface area contributed by atoms with Crippen LogP contribution in [0.5, 0.6) is 0 Å². The van der Waals surface area contributed by atoms with Crippen LogP contribution in [0.2, 0.25) is 5.02 Å². The van der Waals surface area contributed by atoms with Crippen LogP contribution in [0, 0.1) is 0 Å². The van der Waals surface area contributed by atoms with Gasteiger partial charge in [-0.3, -0.25) is 9.78 Å². The Morgan fingerprint density at radius 1 is 1.08 bits per heavy atom. The molecule has 0 radical (unpaired) electrons. The van der Waals surface area contributed by atoms with E-state index < -0.39 is 17.6 Å². The highest BCUT2D eigenvalue weighted by Crippen LogP contribution is 2.35. The molecule has 7 heteroatoms. The Bertz CT molecular complexity index is 982. The van der Waals surface area contributed by atoms with Crippen LogP contribution in [0.1, 0.15) is 11.1 Å². The molecule has 3 aromatic rings. The third-order valence-corrected chi connectivity index (χ3v) is 3.88. The monoisotopic (exact) mass is 376 g/mol. The second-order valence-corrected chi connectivity index (χ2v) is 5.87. The number of carbonyl (C=O) groups is 1. The van der Waals surface area contributed by atoms with E-state index in [0.29, 0.717) is 5.02 Å². The van der Waals surface area contributed by atoms with Gasteiger partial charge in [0, 0.05) is 22.7 Å². The molecule has 0 atom stereocenters. The number of hydrogen-bond donors (Lipinski definition) is 1. The number of pyridine rings is 1. The fourth-order valence-electron chi connectivity index (χ4n) is 2.43. The number of anilines is 1. The SMILES string of the molecule is O=C(/C=C/c1ccc(Cl)cc1)Nc1ccnc2c(C(F)(F)F)cccc12. The average molecular weight is 377 g/mol. The minimum absolute atomic E-state index is 0.209. The molecule has 1 heterocycles. The van der Waals surface area contributed by atoms with Crippen LogP contribution in [0.4, 0.5) is 18.9 Å². The van der Waals surface area contributed by atoms with Crippen molar-refractivity contribution in [3.8, 4) is 0 Å². The Morgan fingerprint density at radius 2 is 1.81 bits per heavy atom. The third kappa shape index (κ3) is 4.03. The van der Waals surface area contributed by atoms with Crippen LogP contribution in [-0.2, 0) is 11.0 Å². The van der Waals surface area contributed by atoms with E-state index in [9.17, 15) is 18.0 Å². The first-order chi connectivity index (χ1) is 12.3. The van der Waals surface area contributed by atoms with Crippen molar-refractivity contribution in [1.29, 1.82) is 0 Å². The quantitative estimate of drug-likeness (QED) is 0.608. The molecule has 1 N–H and O–H groups in total. The molecular formula is C19H12ClF3N2O. The van der Waals surface area contributed by atoms with Gasteiger partial charge in [0.05, 0.1) is 16.8 Å². The number of rotatable bonds is 3. The smallest absolute Gasteiger partial charge is 0.322 e.